The molecule has 1 amide bonds. The van der Waals surface area contributed by atoms with E-state index in [1.54, 1.807) is 6.08 Å². The van der Waals surface area contributed by atoms with Crippen molar-refractivity contribution in [3.63, 3.8) is 0 Å². The lowest BCUT2D eigenvalue weighted by Gasteiger charge is -2.21. The molecule has 0 aliphatic heterocycles. The van der Waals surface area contributed by atoms with Gasteiger partial charge in [-0.15, -0.1) is 0 Å². The molecule has 0 radical (unpaired) electrons. The lowest BCUT2D eigenvalue weighted by Crippen LogP contribution is -2.45. The maximum absolute atomic E-state index is 12.5. The largest absolute Gasteiger partial charge is 0.394 e. The molecule has 0 saturated carbocycles. The van der Waals surface area contributed by atoms with Crippen LogP contribution in [-0.2, 0) is 4.79 Å². The number of nitrogens with one attached hydrogen (secondary N) is 1. The zero-order chi connectivity index (χ0) is 47.9. The summed E-state index contributed by atoms with van der Waals surface area (Å²) in [4.78, 5) is 12.5. The number of unbranched alkanes of at least 4 members (excludes halogenated alkanes) is 42. The van der Waals surface area contributed by atoms with Gasteiger partial charge >= 0.3 is 0 Å². The van der Waals surface area contributed by atoms with Crippen LogP contribution in [0.25, 0.3) is 0 Å². The van der Waals surface area contributed by atoms with Crippen LogP contribution in [0.4, 0.5) is 0 Å². The molecule has 0 spiro atoms. The maximum atomic E-state index is 12.5. The Labute approximate surface area is 413 Å². The second-order valence-electron chi connectivity index (χ2n) is 20.6. The fourth-order valence-electron chi connectivity index (χ4n) is 9.38. The second-order valence-corrected chi connectivity index (χ2v) is 20.6. The minimum Gasteiger partial charge on any atom is -0.394 e. The van der Waals surface area contributed by atoms with Crippen LogP contribution >= 0.6 is 0 Å². The highest BCUT2D eigenvalue weighted by Gasteiger charge is 2.20. The standard InChI is InChI=1S/C61H117NO4/c1-3-5-7-9-11-13-15-17-19-21-23-24-25-26-27-28-29-30-31-32-33-34-35-36-37-38-40-42-44-46-48-50-52-54-58(64)56-61(66)62-59(57-63)60(65)55-53-51-49-47-45-43-41-39-22-20-18-16-14-12-10-8-6-4-2/h22,39,45,47,53,55,58-60,63-65H,3-21,23-38,40-44,46,48-52,54,56-57H2,1-2H3,(H,62,66)/b39-22+,47-45+,55-53+. The Kier molecular flexibility index (Phi) is 54.9. The van der Waals surface area contributed by atoms with Crippen LogP contribution < -0.4 is 5.32 Å². The lowest BCUT2D eigenvalue weighted by atomic mass is 10.0. The zero-order valence-corrected chi connectivity index (χ0v) is 44.6. The summed E-state index contributed by atoms with van der Waals surface area (Å²) in [7, 11) is 0. The molecule has 66 heavy (non-hydrogen) atoms. The van der Waals surface area contributed by atoms with Gasteiger partial charge in [0, 0.05) is 0 Å². The summed E-state index contributed by atoms with van der Waals surface area (Å²) in [5, 5.41) is 33.4. The van der Waals surface area contributed by atoms with Gasteiger partial charge in [-0.25, -0.2) is 0 Å². The van der Waals surface area contributed by atoms with Crippen LogP contribution in [0.2, 0.25) is 0 Å². The molecule has 0 aromatic carbocycles. The van der Waals surface area contributed by atoms with Crippen molar-refractivity contribution >= 4 is 5.91 Å². The van der Waals surface area contributed by atoms with E-state index in [-0.39, 0.29) is 18.9 Å². The number of amides is 1. The number of carbonyl (C=O) groups excluding carboxylic acids is 1. The van der Waals surface area contributed by atoms with E-state index in [0.717, 1.165) is 38.5 Å². The Morgan fingerprint density at radius 2 is 0.652 bits per heavy atom. The molecule has 0 rings (SSSR count). The fourth-order valence-corrected chi connectivity index (χ4v) is 9.38. The van der Waals surface area contributed by atoms with E-state index in [9.17, 15) is 20.1 Å². The Hall–Kier alpha value is -1.43. The molecule has 0 aromatic rings. The molecule has 5 nitrogen and oxygen atoms in total. The van der Waals surface area contributed by atoms with E-state index in [1.807, 2.05) is 6.08 Å². The molecule has 0 aromatic heterocycles. The van der Waals surface area contributed by atoms with Crippen molar-refractivity contribution in [2.75, 3.05) is 6.61 Å². The molecule has 3 unspecified atom stereocenters. The Morgan fingerprint density at radius 1 is 0.379 bits per heavy atom. The first-order chi connectivity index (χ1) is 32.5. The highest BCUT2D eigenvalue weighted by molar-refractivity contribution is 5.76. The lowest BCUT2D eigenvalue weighted by molar-refractivity contribution is -0.124. The molecule has 390 valence electrons. The molecule has 0 aliphatic carbocycles. The van der Waals surface area contributed by atoms with Gasteiger partial charge in [-0.05, 0) is 44.9 Å². The molecule has 0 heterocycles. The normalized spacial score (nSPS) is 13.5. The summed E-state index contributed by atoms with van der Waals surface area (Å²) in [6.07, 6.45) is 73.6. The van der Waals surface area contributed by atoms with Crippen molar-refractivity contribution in [1.82, 2.24) is 5.32 Å². The van der Waals surface area contributed by atoms with Crippen LogP contribution in [0, 0.1) is 0 Å². The van der Waals surface area contributed by atoms with Crippen LogP contribution in [0.15, 0.2) is 36.5 Å². The van der Waals surface area contributed by atoms with Crippen molar-refractivity contribution < 1.29 is 20.1 Å². The maximum Gasteiger partial charge on any atom is 0.222 e. The first-order valence-electron chi connectivity index (χ1n) is 29.8. The van der Waals surface area contributed by atoms with E-state index >= 15 is 0 Å². The number of carbonyl (C=O) groups is 1. The molecular weight excluding hydrogens is 811 g/mol. The fraction of sp³-hybridized carbons (Fsp3) is 0.885. The average molecular weight is 929 g/mol. The van der Waals surface area contributed by atoms with Crippen LogP contribution in [0.5, 0.6) is 0 Å². The number of rotatable bonds is 55. The quantitative estimate of drug-likeness (QED) is 0.0361. The van der Waals surface area contributed by atoms with Gasteiger partial charge in [-0.1, -0.05) is 307 Å². The van der Waals surface area contributed by atoms with E-state index in [2.05, 4.69) is 43.5 Å². The summed E-state index contributed by atoms with van der Waals surface area (Å²) < 4.78 is 0. The topological polar surface area (TPSA) is 89.8 Å². The zero-order valence-electron chi connectivity index (χ0n) is 44.6. The Morgan fingerprint density at radius 3 is 0.970 bits per heavy atom. The number of hydrogen-bond acceptors (Lipinski definition) is 4. The van der Waals surface area contributed by atoms with Gasteiger partial charge < -0.3 is 20.6 Å². The van der Waals surface area contributed by atoms with E-state index in [1.165, 1.54) is 257 Å². The summed E-state index contributed by atoms with van der Waals surface area (Å²) in [6, 6.07) is -0.767. The van der Waals surface area contributed by atoms with Gasteiger partial charge in [-0.2, -0.15) is 0 Å². The van der Waals surface area contributed by atoms with Gasteiger partial charge in [0.25, 0.3) is 0 Å². The molecule has 4 N–H and O–H groups in total. The monoisotopic (exact) mass is 928 g/mol. The molecule has 5 heteroatoms. The first-order valence-corrected chi connectivity index (χ1v) is 29.8. The summed E-state index contributed by atoms with van der Waals surface area (Å²) in [6.45, 7) is 4.23. The minimum atomic E-state index is -0.959. The van der Waals surface area contributed by atoms with Crippen molar-refractivity contribution in [2.24, 2.45) is 0 Å². The van der Waals surface area contributed by atoms with Crippen LogP contribution in [0.3, 0.4) is 0 Å². The van der Waals surface area contributed by atoms with Crippen LogP contribution in [0.1, 0.15) is 322 Å². The smallest absolute Gasteiger partial charge is 0.222 e. The average Bonchev–Trinajstić information content (AvgIpc) is 3.31. The highest BCUT2D eigenvalue weighted by atomic mass is 16.3. The van der Waals surface area contributed by atoms with E-state index in [0.29, 0.717) is 6.42 Å². The van der Waals surface area contributed by atoms with Gasteiger partial charge in [0.2, 0.25) is 5.91 Å². The molecule has 0 bridgehead atoms. The van der Waals surface area contributed by atoms with Crippen LogP contribution in [-0.4, -0.2) is 46.1 Å². The second kappa shape index (κ2) is 56.2. The van der Waals surface area contributed by atoms with E-state index in [4.69, 9.17) is 0 Å². The number of hydrogen-bond donors (Lipinski definition) is 4. The van der Waals surface area contributed by atoms with Crippen molar-refractivity contribution in [2.45, 2.75) is 340 Å². The number of aliphatic hydroxyl groups excluding tert-OH is 3. The molecule has 0 aliphatic rings. The third kappa shape index (κ3) is 52.0. The predicted octanol–water partition coefficient (Wildman–Crippen LogP) is 18.6. The summed E-state index contributed by atoms with van der Waals surface area (Å²) >= 11 is 0. The Balaban J connectivity index is 3.51. The third-order valence-corrected chi connectivity index (χ3v) is 13.9. The van der Waals surface area contributed by atoms with Gasteiger partial charge in [0.15, 0.2) is 0 Å². The molecule has 3 atom stereocenters. The highest BCUT2D eigenvalue weighted by Crippen LogP contribution is 2.18. The Bertz CT molecular complexity index is 1020. The number of allylic oxidation sites excluding steroid dienone is 5. The van der Waals surface area contributed by atoms with Crippen molar-refractivity contribution in [1.29, 1.82) is 0 Å². The molecule has 0 fully saturated rings. The third-order valence-electron chi connectivity index (χ3n) is 13.9. The SMILES string of the molecule is CCCCCCCCCC/C=C/CC/C=C/CC/C=C/C(O)C(CO)NC(=O)CC(O)CCCCCCCCCCCCCCCCCCCCCCCCCCCCCCCCCCC. The summed E-state index contributed by atoms with van der Waals surface area (Å²) in [5.41, 5.74) is 0. The van der Waals surface area contributed by atoms with Gasteiger partial charge in [0.1, 0.15) is 0 Å². The predicted molar refractivity (Wildman–Crippen MR) is 291 cm³/mol. The van der Waals surface area contributed by atoms with E-state index < -0.39 is 18.2 Å². The number of aliphatic hydroxyl groups is 3. The van der Waals surface area contributed by atoms with Gasteiger partial charge in [-0.3, -0.25) is 4.79 Å². The molecular formula is C61H117NO4. The first kappa shape index (κ1) is 64.6. The van der Waals surface area contributed by atoms with Crippen molar-refractivity contribution in [3.05, 3.63) is 36.5 Å². The summed E-state index contributed by atoms with van der Waals surface area (Å²) in [5.74, 6) is -0.324. The molecule has 0 saturated heterocycles. The van der Waals surface area contributed by atoms with Crippen molar-refractivity contribution in [3.8, 4) is 0 Å². The van der Waals surface area contributed by atoms with Gasteiger partial charge in [0.05, 0.1) is 31.3 Å². The minimum absolute atomic E-state index is 0.00570.